The van der Waals surface area contributed by atoms with Crippen molar-refractivity contribution < 1.29 is 23.9 Å². The van der Waals surface area contributed by atoms with Crippen molar-refractivity contribution in [2.75, 3.05) is 26.2 Å². The molecule has 1 heterocycles. The number of carbonyl (C=O) groups excluding carboxylic acids is 4. The molecule has 2 rings (SSSR count). The molecule has 1 fully saturated rings. The molecule has 194 valence electrons. The fraction of sp³-hybridized carbons (Fsp3) is 0.615. The van der Waals surface area contributed by atoms with E-state index in [4.69, 9.17) is 10.5 Å². The molecular weight excluding hydrogens is 448 g/mol. The van der Waals surface area contributed by atoms with Gasteiger partial charge in [0.2, 0.25) is 17.7 Å². The van der Waals surface area contributed by atoms with Gasteiger partial charge in [0, 0.05) is 33.0 Å². The Labute approximate surface area is 208 Å². The van der Waals surface area contributed by atoms with E-state index in [1.807, 2.05) is 36.1 Å². The highest BCUT2D eigenvalue weighted by Crippen LogP contribution is 2.28. The zero-order valence-corrected chi connectivity index (χ0v) is 21.6. The summed E-state index contributed by atoms with van der Waals surface area (Å²) in [7, 11) is 0. The minimum Gasteiger partial charge on any atom is -0.444 e. The number of nitrogens with one attached hydrogen (secondary N) is 1. The smallest absolute Gasteiger partial charge is 0.410 e. The van der Waals surface area contributed by atoms with Gasteiger partial charge in [-0.25, -0.2) is 4.79 Å². The van der Waals surface area contributed by atoms with Gasteiger partial charge >= 0.3 is 6.09 Å². The topological polar surface area (TPSA) is 122 Å². The molecule has 35 heavy (non-hydrogen) atoms. The predicted octanol–water partition coefficient (Wildman–Crippen LogP) is 2.57. The lowest BCUT2D eigenvalue weighted by atomic mass is 9.88. The summed E-state index contributed by atoms with van der Waals surface area (Å²) < 4.78 is 5.38. The highest BCUT2D eigenvalue weighted by Gasteiger charge is 2.26. The monoisotopic (exact) mass is 488 g/mol. The lowest BCUT2D eigenvalue weighted by Gasteiger charge is -2.31. The van der Waals surface area contributed by atoms with Crippen molar-refractivity contribution in [2.45, 2.75) is 77.9 Å². The SMILES string of the molecule is CCCN(CC(=O)NC(Cc1ccc(C2CCN(C(C)=O)CC2)cc1)C(N)=O)C(=O)OC(C)(C)C. The number of nitrogens with zero attached hydrogens (tertiary/aromatic N) is 2. The van der Waals surface area contributed by atoms with Crippen LogP contribution in [-0.4, -0.2) is 71.4 Å². The number of ether oxygens (including phenoxy) is 1. The third-order valence-electron chi connectivity index (χ3n) is 5.99. The van der Waals surface area contributed by atoms with Gasteiger partial charge in [-0.15, -0.1) is 0 Å². The van der Waals surface area contributed by atoms with Gasteiger partial charge in [-0.1, -0.05) is 31.2 Å². The van der Waals surface area contributed by atoms with Gasteiger partial charge in [0.1, 0.15) is 18.2 Å². The van der Waals surface area contributed by atoms with Crippen molar-refractivity contribution in [3.05, 3.63) is 35.4 Å². The van der Waals surface area contributed by atoms with Gasteiger partial charge in [-0.2, -0.15) is 0 Å². The van der Waals surface area contributed by atoms with Crippen LogP contribution in [0.25, 0.3) is 0 Å². The molecule has 4 amide bonds. The van der Waals surface area contributed by atoms with E-state index in [2.05, 4.69) is 5.32 Å². The molecule has 0 saturated carbocycles. The predicted molar refractivity (Wildman–Crippen MR) is 134 cm³/mol. The number of piperidine rings is 1. The Bertz CT molecular complexity index is 886. The number of carbonyl (C=O) groups is 4. The average Bonchev–Trinajstić information content (AvgIpc) is 2.77. The molecular formula is C26H40N4O5. The van der Waals surface area contributed by atoms with Crippen molar-refractivity contribution in [3.8, 4) is 0 Å². The summed E-state index contributed by atoms with van der Waals surface area (Å²) in [6, 6.07) is 7.07. The molecule has 0 bridgehead atoms. The first-order valence-corrected chi connectivity index (χ1v) is 12.3. The zero-order valence-electron chi connectivity index (χ0n) is 21.6. The first-order chi connectivity index (χ1) is 16.4. The Morgan fingerprint density at radius 1 is 1.14 bits per heavy atom. The fourth-order valence-corrected chi connectivity index (χ4v) is 4.16. The van der Waals surface area contributed by atoms with Crippen LogP contribution in [0.4, 0.5) is 4.79 Å². The minimum absolute atomic E-state index is 0.113. The molecule has 0 spiro atoms. The number of rotatable bonds is 9. The molecule has 1 saturated heterocycles. The number of hydrogen-bond donors (Lipinski definition) is 2. The summed E-state index contributed by atoms with van der Waals surface area (Å²) in [6.45, 7) is 10.4. The Morgan fingerprint density at radius 2 is 1.74 bits per heavy atom. The van der Waals surface area contributed by atoms with Crippen LogP contribution >= 0.6 is 0 Å². The van der Waals surface area contributed by atoms with E-state index in [0.717, 1.165) is 31.5 Å². The Balaban J connectivity index is 1.96. The molecule has 0 aliphatic carbocycles. The van der Waals surface area contributed by atoms with Crippen LogP contribution in [0.1, 0.15) is 70.9 Å². The van der Waals surface area contributed by atoms with E-state index >= 15 is 0 Å². The van der Waals surface area contributed by atoms with Crippen LogP contribution in [-0.2, 0) is 25.5 Å². The molecule has 1 atom stereocenters. The second-order valence-corrected chi connectivity index (χ2v) is 10.2. The van der Waals surface area contributed by atoms with Gasteiger partial charge in [-0.3, -0.25) is 19.3 Å². The first kappa shape index (κ1) is 28.1. The molecule has 1 aromatic carbocycles. The molecule has 1 unspecified atom stereocenters. The van der Waals surface area contributed by atoms with E-state index in [0.29, 0.717) is 18.9 Å². The Hall–Kier alpha value is -3.10. The molecule has 9 heteroatoms. The van der Waals surface area contributed by atoms with Crippen LogP contribution in [0.2, 0.25) is 0 Å². The number of nitrogens with two attached hydrogens (primary N) is 1. The van der Waals surface area contributed by atoms with Crippen molar-refractivity contribution in [2.24, 2.45) is 5.73 Å². The van der Waals surface area contributed by atoms with Crippen molar-refractivity contribution in [1.82, 2.24) is 15.1 Å². The van der Waals surface area contributed by atoms with E-state index in [1.165, 1.54) is 10.5 Å². The number of benzene rings is 1. The maximum absolute atomic E-state index is 12.6. The summed E-state index contributed by atoms with van der Waals surface area (Å²) in [6.07, 6.45) is 2.18. The van der Waals surface area contributed by atoms with Crippen LogP contribution in [0.5, 0.6) is 0 Å². The largest absolute Gasteiger partial charge is 0.444 e. The maximum Gasteiger partial charge on any atom is 0.410 e. The van der Waals surface area contributed by atoms with Gasteiger partial charge < -0.3 is 20.7 Å². The summed E-state index contributed by atoms with van der Waals surface area (Å²) in [5.41, 5.74) is 6.95. The first-order valence-electron chi connectivity index (χ1n) is 12.3. The molecule has 1 aromatic rings. The number of amides is 4. The third kappa shape index (κ3) is 9.22. The average molecular weight is 489 g/mol. The van der Waals surface area contributed by atoms with Crippen LogP contribution in [0.15, 0.2) is 24.3 Å². The summed E-state index contributed by atoms with van der Waals surface area (Å²) in [5, 5.41) is 2.66. The second-order valence-electron chi connectivity index (χ2n) is 10.2. The van der Waals surface area contributed by atoms with E-state index in [1.54, 1.807) is 27.7 Å². The van der Waals surface area contributed by atoms with Crippen LogP contribution in [0.3, 0.4) is 0 Å². The number of hydrogen-bond acceptors (Lipinski definition) is 5. The van der Waals surface area contributed by atoms with Crippen LogP contribution < -0.4 is 11.1 Å². The lowest BCUT2D eigenvalue weighted by molar-refractivity contribution is -0.129. The third-order valence-corrected chi connectivity index (χ3v) is 5.99. The van der Waals surface area contributed by atoms with Gasteiger partial charge in [-0.05, 0) is 57.1 Å². The van der Waals surface area contributed by atoms with Crippen molar-refractivity contribution >= 4 is 23.8 Å². The molecule has 0 radical (unpaired) electrons. The van der Waals surface area contributed by atoms with Gasteiger partial charge in [0.05, 0.1) is 0 Å². The zero-order chi connectivity index (χ0) is 26.2. The minimum atomic E-state index is -0.894. The van der Waals surface area contributed by atoms with Gasteiger partial charge in [0.25, 0.3) is 0 Å². The molecule has 3 N–H and O–H groups in total. The molecule has 9 nitrogen and oxygen atoms in total. The van der Waals surface area contributed by atoms with E-state index in [-0.39, 0.29) is 18.9 Å². The number of likely N-dealkylation sites (tertiary alicyclic amines) is 1. The summed E-state index contributed by atoms with van der Waals surface area (Å²) in [5.74, 6) is -0.605. The summed E-state index contributed by atoms with van der Waals surface area (Å²) >= 11 is 0. The van der Waals surface area contributed by atoms with Gasteiger partial charge in [0.15, 0.2) is 0 Å². The highest BCUT2D eigenvalue weighted by molar-refractivity contribution is 5.89. The van der Waals surface area contributed by atoms with Crippen molar-refractivity contribution in [1.29, 1.82) is 0 Å². The summed E-state index contributed by atoms with van der Waals surface area (Å²) in [4.78, 5) is 51.8. The number of primary amides is 1. The fourth-order valence-electron chi connectivity index (χ4n) is 4.16. The molecule has 1 aliphatic heterocycles. The normalized spacial score (nSPS) is 15.3. The second kappa shape index (κ2) is 12.6. The van der Waals surface area contributed by atoms with E-state index in [9.17, 15) is 19.2 Å². The van der Waals surface area contributed by atoms with Crippen molar-refractivity contribution in [3.63, 3.8) is 0 Å². The van der Waals surface area contributed by atoms with E-state index < -0.39 is 29.6 Å². The lowest BCUT2D eigenvalue weighted by Crippen LogP contribution is -2.50. The molecule has 0 aromatic heterocycles. The highest BCUT2D eigenvalue weighted by atomic mass is 16.6. The Morgan fingerprint density at radius 3 is 2.23 bits per heavy atom. The standard InChI is InChI=1S/C26H40N4O5/c1-6-13-30(25(34)35-26(3,4)5)17-23(32)28-22(24(27)33)16-19-7-9-20(10-8-19)21-11-14-29(15-12-21)18(2)31/h7-10,21-22H,6,11-17H2,1-5H3,(H2,27,33)(H,28,32). The maximum atomic E-state index is 12.6. The quantitative estimate of drug-likeness (QED) is 0.553. The Kier molecular flexibility index (Phi) is 10.1. The van der Waals surface area contributed by atoms with Crippen LogP contribution in [0, 0.1) is 0 Å². The molecule has 1 aliphatic rings.